The average molecular weight is 274 g/mol. The Bertz CT molecular complexity index is 357. The Balaban J connectivity index is 2.83. The topological polar surface area (TPSA) is 88.2 Å². The molecule has 0 aromatic carbocycles. The number of aliphatic hydroxyl groups is 1. The van der Waals surface area contributed by atoms with Crippen molar-refractivity contribution in [2.24, 2.45) is 5.73 Å². The van der Waals surface area contributed by atoms with Gasteiger partial charge in [0.1, 0.15) is 5.69 Å². The van der Waals surface area contributed by atoms with E-state index in [2.05, 4.69) is 26.2 Å². The van der Waals surface area contributed by atoms with Gasteiger partial charge in [-0.05, 0) is 12.1 Å². The first-order valence-electron chi connectivity index (χ1n) is 4.43. The van der Waals surface area contributed by atoms with Crippen LogP contribution in [0.1, 0.15) is 16.2 Å². The smallest absolute Gasteiger partial charge is 0.269 e. The standard InChI is InChI=1S/C9H12BrN3O2/c10-6-3-7(5-14)13-8(4-6)9(15)12-2-1-11/h3-4,14H,1-2,5,11H2,(H,12,15). The van der Waals surface area contributed by atoms with E-state index in [0.29, 0.717) is 23.3 Å². The summed E-state index contributed by atoms with van der Waals surface area (Å²) in [5.41, 5.74) is 5.97. The van der Waals surface area contributed by atoms with E-state index in [1.165, 1.54) is 0 Å². The zero-order valence-corrected chi connectivity index (χ0v) is 9.62. The maximum atomic E-state index is 11.5. The van der Waals surface area contributed by atoms with Crippen molar-refractivity contribution in [3.63, 3.8) is 0 Å². The summed E-state index contributed by atoms with van der Waals surface area (Å²) in [6.07, 6.45) is 0. The fraction of sp³-hybridized carbons (Fsp3) is 0.333. The Labute approximate surface area is 95.8 Å². The van der Waals surface area contributed by atoms with Gasteiger partial charge in [-0.2, -0.15) is 0 Å². The molecule has 0 bridgehead atoms. The molecule has 1 amide bonds. The molecule has 0 atom stereocenters. The number of nitrogens with two attached hydrogens (primary N) is 1. The highest BCUT2D eigenvalue weighted by Gasteiger charge is 2.08. The van der Waals surface area contributed by atoms with Crippen molar-refractivity contribution < 1.29 is 9.90 Å². The van der Waals surface area contributed by atoms with Gasteiger partial charge in [-0.25, -0.2) is 4.98 Å². The van der Waals surface area contributed by atoms with Crippen molar-refractivity contribution in [3.8, 4) is 0 Å². The third kappa shape index (κ3) is 3.58. The lowest BCUT2D eigenvalue weighted by Crippen LogP contribution is -2.29. The fourth-order valence-corrected chi connectivity index (χ4v) is 1.51. The third-order valence-corrected chi connectivity index (χ3v) is 2.13. The van der Waals surface area contributed by atoms with Gasteiger partial charge >= 0.3 is 0 Å². The van der Waals surface area contributed by atoms with E-state index < -0.39 is 0 Å². The zero-order chi connectivity index (χ0) is 11.3. The second-order valence-electron chi connectivity index (χ2n) is 2.86. The summed E-state index contributed by atoms with van der Waals surface area (Å²) in [7, 11) is 0. The van der Waals surface area contributed by atoms with Crippen LogP contribution in [0.4, 0.5) is 0 Å². The predicted octanol–water partition coefficient (Wildman–Crippen LogP) is 0.0249. The van der Waals surface area contributed by atoms with Crippen molar-refractivity contribution in [2.75, 3.05) is 13.1 Å². The van der Waals surface area contributed by atoms with Gasteiger partial charge in [0.2, 0.25) is 0 Å². The van der Waals surface area contributed by atoms with Gasteiger partial charge in [0.15, 0.2) is 0 Å². The number of hydrogen-bond acceptors (Lipinski definition) is 4. The molecule has 1 heterocycles. The van der Waals surface area contributed by atoms with Gasteiger partial charge in [-0.3, -0.25) is 4.79 Å². The van der Waals surface area contributed by atoms with E-state index in [-0.39, 0.29) is 18.2 Å². The van der Waals surface area contributed by atoms with Crippen LogP contribution in [0.2, 0.25) is 0 Å². The van der Waals surface area contributed by atoms with Crippen molar-refractivity contribution in [2.45, 2.75) is 6.61 Å². The van der Waals surface area contributed by atoms with E-state index in [1.54, 1.807) is 12.1 Å². The molecule has 0 radical (unpaired) electrons. The van der Waals surface area contributed by atoms with Crippen LogP contribution in [0.5, 0.6) is 0 Å². The fourth-order valence-electron chi connectivity index (χ4n) is 1.02. The second-order valence-corrected chi connectivity index (χ2v) is 3.78. The quantitative estimate of drug-likeness (QED) is 0.722. The highest BCUT2D eigenvalue weighted by Crippen LogP contribution is 2.12. The number of nitrogens with one attached hydrogen (secondary N) is 1. The largest absolute Gasteiger partial charge is 0.390 e. The Morgan fingerprint density at radius 2 is 2.33 bits per heavy atom. The molecule has 0 saturated heterocycles. The molecule has 1 aromatic rings. The minimum absolute atomic E-state index is 0.198. The first kappa shape index (κ1) is 12.1. The molecule has 0 aliphatic heterocycles. The second kappa shape index (κ2) is 5.79. The van der Waals surface area contributed by atoms with Crippen molar-refractivity contribution >= 4 is 21.8 Å². The van der Waals surface area contributed by atoms with Crippen LogP contribution < -0.4 is 11.1 Å². The highest BCUT2D eigenvalue weighted by molar-refractivity contribution is 9.10. The summed E-state index contributed by atoms with van der Waals surface area (Å²) in [6.45, 7) is 0.588. The van der Waals surface area contributed by atoms with E-state index >= 15 is 0 Å². The summed E-state index contributed by atoms with van der Waals surface area (Å²) < 4.78 is 0.708. The minimum Gasteiger partial charge on any atom is -0.390 e. The van der Waals surface area contributed by atoms with Crippen LogP contribution in [-0.2, 0) is 6.61 Å². The monoisotopic (exact) mass is 273 g/mol. The van der Waals surface area contributed by atoms with Crippen molar-refractivity contribution in [3.05, 3.63) is 28.0 Å². The molecule has 0 aliphatic carbocycles. The molecule has 0 aliphatic rings. The van der Waals surface area contributed by atoms with Gasteiger partial charge in [-0.1, -0.05) is 15.9 Å². The first-order valence-corrected chi connectivity index (χ1v) is 5.22. The van der Waals surface area contributed by atoms with Gasteiger partial charge in [-0.15, -0.1) is 0 Å². The van der Waals surface area contributed by atoms with Gasteiger partial charge in [0, 0.05) is 17.6 Å². The summed E-state index contributed by atoms with van der Waals surface area (Å²) >= 11 is 3.23. The molecule has 82 valence electrons. The molecule has 6 heteroatoms. The van der Waals surface area contributed by atoms with Gasteiger partial charge in [0.05, 0.1) is 12.3 Å². The number of rotatable bonds is 4. The number of halogens is 1. The van der Waals surface area contributed by atoms with Crippen LogP contribution in [-0.4, -0.2) is 29.1 Å². The molecular weight excluding hydrogens is 262 g/mol. The summed E-state index contributed by atoms with van der Waals surface area (Å²) in [4.78, 5) is 15.5. The van der Waals surface area contributed by atoms with Gasteiger partial charge in [0.25, 0.3) is 5.91 Å². The minimum atomic E-state index is -0.295. The number of carbonyl (C=O) groups is 1. The van der Waals surface area contributed by atoms with E-state index in [0.717, 1.165) is 0 Å². The predicted molar refractivity (Wildman–Crippen MR) is 59.2 cm³/mol. The Kier molecular flexibility index (Phi) is 4.67. The number of carbonyl (C=O) groups excluding carboxylic acids is 1. The molecule has 0 fully saturated rings. The maximum absolute atomic E-state index is 11.5. The average Bonchev–Trinajstić information content (AvgIpc) is 2.24. The van der Waals surface area contributed by atoms with E-state index in [9.17, 15) is 4.79 Å². The summed E-state index contributed by atoms with van der Waals surface area (Å²) in [5, 5.41) is 11.5. The number of hydrogen-bond donors (Lipinski definition) is 3. The Morgan fingerprint density at radius 3 is 2.93 bits per heavy atom. The molecule has 5 nitrogen and oxygen atoms in total. The maximum Gasteiger partial charge on any atom is 0.269 e. The summed E-state index contributed by atoms with van der Waals surface area (Å²) in [6, 6.07) is 3.24. The lowest BCUT2D eigenvalue weighted by atomic mass is 10.3. The van der Waals surface area contributed by atoms with E-state index in [4.69, 9.17) is 10.8 Å². The number of aliphatic hydroxyl groups excluding tert-OH is 1. The van der Waals surface area contributed by atoms with E-state index in [1.807, 2.05) is 0 Å². The lowest BCUT2D eigenvalue weighted by Gasteiger charge is -2.05. The van der Waals surface area contributed by atoms with Crippen LogP contribution >= 0.6 is 15.9 Å². The number of amides is 1. The molecule has 0 saturated carbocycles. The van der Waals surface area contributed by atoms with Crippen molar-refractivity contribution in [1.82, 2.24) is 10.3 Å². The third-order valence-electron chi connectivity index (χ3n) is 1.67. The molecule has 0 unspecified atom stereocenters. The van der Waals surface area contributed by atoms with Crippen LogP contribution in [0.15, 0.2) is 16.6 Å². The SMILES string of the molecule is NCCNC(=O)c1cc(Br)cc(CO)n1. The Morgan fingerprint density at radius 1 is 1.60 bits per heavy atom. The molecule has 0 spiro atoms. The molecule has 1 aromatic heterocycles. The Hall–Kier alpha value is -0.980. The molecule has 15 heavy (non-hydrogen) atoms. The highest BCUT2D eigenvalue weighted by atomic mass is 79.9. The molecule has 4 N–H and O–H groups in total. The number of nitrogens with zero attached hydrogens (tertiary/aromatic N) is 1. The van der Waals surface area contributed by atoms with Crippen LogP contribution in [0.25, 0.3) is 0 Å². The summed E-state index contributed by atoms with van der Waals surface area (Å²) in [5.74, 6) is -0.295. The zero-order valence-electron chi connectivity index (χ0n) is 8.03. The lowest BCUT2D eigenvalue weighted by molar-refractivity contribution is 0.0949. The normalized spacial score (nSPS) is 10.1. The number of aromatic nitrogens is 1. The van der Waals surface area contributed by atoms with Crippen molar-refractivity contribution in [1.29, 1.82) is 0 Å². The van der Waals surface area contributed by atoms with Crippen LogP contribution in [0, 0.1) is 0 Å². The molecular formula is C9H12BrN3O2. The molecule has 1 rings (SSSR count). The number of pyridine rings is 1. The van der Waals surface area contributed by atoms with Crippen LogP contribution in [0.3, 0.4) is 0 Å². The first-order chi connectivity index (χ1) is 7.17. The van der Waals surface area contributed by atoms with Gasteiger partial charge < -0.3 is 16.2 Å².